The second-order valence-corrected chi connectivity index (χ2v) is 4.87. The molecule has 22 heavy (non-hydrogen) atoms. The van der Waals surface area contributed by atoms with Crippen LogP contribution in [0.25, 0.3) is 0 Å². The Morgan fingerprint density at radius 1 is 0.864 bits per heavy atom. The summed E-state index contributed by atoms with van der Waals surface area (Å²) in [5.41, 5.74) is 0. The highest BCUT2D eigenvalue weighted by Gasteiger charge is 2.11. The SMILES string of the molecule is CCC(C)C(=O)OCCOCCO.CCOC(=O)C(C)CC. The third-order valence-corrected chi connectivity index (χ3v) is 3.02. The maximum absolute atomic E-state index is 11.1. The minimum atomic E-state index is -0.185. The van der Waals surface area contributed by atoms with Crippen LogP contribution in [-0.4, -0.2) is 50.1 Å². The second kappa shape index (κ2) is 16.2. The fraction of sp³-hybridized carbons (Fsp3) is 0.875. The highest BCUT2D eigenvalue weighted by molar-refractivity contribution is 5.72. The van der Waals surface area contributed by atoms with E-state index in [0.29, 0.717) is 19.8 Å². The summed E-state index contributed by atoms with van der Waals surface area (Å²) in [4.78, 5) is 21.8. The van der Waals surface area contributed by atoms with Crippen molar-refractivity contribution in [3.05, 3.63) is 0 Å². The normalized spacial score (nSPS) is 12.6. The third kappa shape index (κ3) is 13.8. The Morgan fingerprint density at radius 2 is 1.36 bits per heavy atom. The summed E-state index contributed by atoms with van der Waals surface area (Å²) < 4.78 is 14.6. The number of aliphatic hydroxyl groups excluding tert-OH is 1. The molecule has 0 radical (unpaired) electrons. The van der Waals surface area contributed by atoms with E-state index in [4.69, 9.17) is 19.3 Å². The largest absolute Gasteiger partial charge is 0.466 e. The number of hydrogen-bond acceptors (Lipinski definition) is 6. The summed E-state index contributed by atoms with van der Waals surface area (Å²) >= 11 is 0. The molecule has 1 N–H and O–H groups in total. The zero-order valence-corrected chi connectivity index (χ0v) is 14.6. The van der Waals surface area contributed by atoms with Crippen LogP contribution in [0.15, 0.2) is 0 Å². The van der Waals surface area contributed by atoms with Gasteiger partial charge in [-0.05, 0) is 19.8 Å². The molecule has 0 aliphatic carbocycles. The maximum Gasteiger partial charge on any atom is 0.308 e. The number of rotatable bonds is 10. The van der Waals surface area contributed by atoms with Gasteiger partial charge in [0.05, 0.1) is 38.3 Å². The van der Waals surface area contributed by atoms with Crippen LogP contribution in [0.3, 0.4) is 0 Å². The van der Waals surface area contributed by atoms with E-state index in [1.54, 1.807) is 0 Å². The molecule has 0 saturated carbocycles. The lowest BCUT2D eigenvalue weighted by Gasteiger charge is -2.08. The first-order valence-electron chi connectivity index (χ1n) is 7.96. The summed E-state index contributed by atoms with van der Waals surface area (Å²) in [5.74, 6) is -0.252. The molecule has 0 aromatic heterocycles. The van der Waals surface area contributed by atoms with Crippen molar-refractivity contribution in [1.29, 1.82) is 0 Å². The molecule has 132 valence electrons. The molecule has 0 aliphatic rings. The van der Waals surface area contributed by atoms with E-state index in [2.05, 4.69) is 0 Å². The highest BCUT2D eigenvalue weighted by atomic mass is 16.6. The molecular weight excluding hydrogens is 288 g/mol. The van der Waals surface area contributed by atoms with Gasteiger partial charge in [0, 0.05) is 0 Å². The van der Waals surface area contributed by atoms with Crippen molar-refractivity contribution in [3.63, 3.8) is 0 Å². The van der Waals surface area contributed by atoms with E-state index in [-0.39, 0.29) is 37.0 Å². The van der Waals surface area contributed by atoms with Crippen LogP contribution >= 0.6 is 0 Å². The first-order valence-corrected chi connectivity index (χ1v) is 7.96. The van der Waals surface area contributed by atoms with Gasteiger partial charge < -0.3 is 19.3 Å². The molecule has 2 unspecified atom stereocenters. The first kappa shape index (κ1) is 23.1. The number of carbonyl (C=O) groups excluding carboxylic acids is 2. The molecule has 0 aromatic rings. The standard InChI is InChI=1S/C9H18O4.C7H14O2/c1-3-8(2)9(11)13-7-6-12-5-4-10;1-4-6(3)7(8)9-5-2/h8,10H,3-7H2,1-2H3;6H,4-5H2,1-3H3. The number of esters is 2. The number of hydrogen-bond donors (Lipinski definition) is 1. The molecule has 0 heterocycles. The third-order valence-electron chi connectivity index (χ3n) is 3.02. The Hall–Kier alpha value is -1.14. The van der Waals surface area contributed by atoms with Crippen LogP contribution in [-0.2, 0) is 23.8 Å². The average Bonchev–Trinajstić information content (AvgIpc) is 2.53. The topological polar surface area (TPSA) is 82.1 Å². The predicted molar refractivity (Wildman–Crippen MR) is 84.4 cm³/mol. The first-order chi connectivity index (χ1) is 10.4. The zero-order valence-electron chi connectivity index (χ0n) is 14.6. The minimum Gasteiger partial charge on any atom is -0.466 e. The quantitative estimate of drug-likeness (QED) is 0.491. The van der Waals surface area contributed by atoms with Crippen molar-refractivity contribution in [2.24, 2.45) is 11.8 Å². The molecule has 0 amide bonds. The number of carbonyl (C=O) groups is 2. The van der Waals surface area contributed by atoms with Gasteiger partial charge in [-0.15, -0.1) is 0 Å². The van der Waals surface area contributed by atoms with Gasteiger partial charge in [-0.2, -0.15) is 0 Å². The summed E-state index contributed by atoms with van der Waals surface area (Å²) in [5, 5.41) is 8.37. The second-order valence-electron chi connectivity index (χ2n) is 4.87. The fourth-order valence-corrected chi connectivity index (χ4v) is 1.13. The molecule has 0 spiro atoms. The predicted octanol–water partition coefficient (Wildman–Crippen LogP) is 2.18. The molecule has 6 nitrogen and oxygen atoms in total. The monoisotopic (exact) mass is 320 g/mol. The Bertz CT molecular complexity index is 280. The van der Waals surface area contributed by atoms with E-state index in [1.807, 2.05) is 34.6 Å². The zero-order chi connectivity index (χ0) is 17.4. The van der Waals surface area contributed by atoms with E-state index in [9.17, 15) is 9.59 Å². The van der Waals surface area contributed by atoms with E-state index in [0.717, 1.165) is 12.8 Å². The van der Waals surface area contributed by atoms with Gasteiger partial charge in [0.1, 0.15) is 6.61 Å². The van der Waals surface area contributed by atoms with Crippen molar-refractivity contribution in [1.82, 2.24) is 0 Å². The van der Waals surface area contributed by atoms with E-state index < -0.39 is 0 Å². The molecule has 0 fully saturated rings. The van der Waals surface area contributed by atoms with Crippen molar-refractivity contribution in [2.75, 3.05) is 33.0 Å². The molecule has 2 atom stereocenters. The van der Waals surface area contributed by atoms with Crippen molar-refractivity contribution >= 4 is 11.9 Å². The van der Waals surface area contributed by atoms with Crippen molar-refractivity contribution in [2.45, 2.75) is 47.5 Å². The van der Waals surface area contributed by atoms with Crippen LogP contribution in [0.5, 0.6) is 0 Å². The van der Waals surface area contributed by atoms with Gasteiger partial charge in [0.25, 0.3) is 0 Å². The van der Waals surface area contributed by atoms with Gasteiger partial charge in [0.15, 0.2) is 0 Å². The van der Waals surface area contributed by atoms with Crippen LogP contribution in [0.4, 0.5) is 0 Å². The average molecular weight is 320 g/mol. The summed E-state index contributed by atoms with van der Waals surface area (Å²) in [6.45, 7) is 10.8. The van der Waals surface area contributed by atoms with E-state index >= 15 is 0 Å². The Kier molecular flexibility index (Phi) is 17.1. The fourth-order valence-electron chi connectivity index (χ4n) is 1.13. The minimum absolute atomic E-state index is 0.000685. The van der Waals surface area contributed by atoms with E-state index in [1.165, 1.54) is 0 Å². The Labute approximate surface area is 134 Å². The highest BCUT2D eigenvalue weighted by Crippen LogP contribution is 2.02. The lowest BCUT2D eigenvalue weighted by Crippen LogP contribution is -2.17. The molecule has 0 saturated heterocycles. The molecule has 0 rings (SSSR count). The molecule has 0 bridgehead atoms. The summed E-state index contributed by atoms with van der Waals surface area (Å²) in [7, 11) is 0. The van der Waals surface area contributed by atoms with Crippen LogP contribution in [0.2, 0.25) is 0 Å². The van der Waals surface area contributed by atoms with Gasteiger partial charge >= 0.3 is 11.9 Å². The van der Waals surface area contributed by atoms with Crippen LogP contribution in [0, 0.1) is 11.8 Å². The summed E-state index contributed by atoms with van der Waals surface area (Å²) in [6.07, 6.45) is 1.65. The maximum atomic E-state index is 11.1. The van der Waals surface area contributed by atoms with Gasteiger partial charge in [0.2, 0.25) is 0 Å². The molecule has 0 aromatic carbocycles. The Balaban J connectivity index is 0. The van der Waals surface area contributed by atoms with Gasteiger partial charge in [-0.3, -0.25) is 9.59 Å². The summed E-state index contributed by atoms with van der Waals surface area (Å²) in [6, 6.07) is 0. The van der Waals surface area contributed by atoms with Crippen molar-refractivity contribution in [3.8, 4) is 0 Å². The number of aliphatic hydroxyl groups is 1. The van der Waals surface area contributed by atoms with Crippen molar-refractivity contribution < 1.29 is 28.9 Å². The Morgan fingerprint density at radius 3 is 1.77 bits per heavy atom. The molecule has 0 aliphatic heterocycles. The lowest BCUT2D eigenvalue weighted by molar-refractivity contribution is -0.149. The smallest absolute Gasteiger partial charge is 0.308 e. The van der Waals surface area contributed by atoms with Crippen LogP contribution in [0.1, 0.15) is 47.5 Å². The van der Waals surface area contributed by atoms with Gasteiger partial charge in [-0.1, -0.05) is 27.7 Å². The van der Waals surface area contributed by atoms with Crippen LogP contribution < -0.4 is 0 Å². The number of ether oxygens (including phenoxy) is 3. The molecule has 6 heteroatoms. The lowest BCUT2D eigenvalue weighted by atomic mass is 10.1. The molecular formula is C16H32O6. The van der Waals surface area contributed by atoms with Gasteiger partial charge in [-0.25, -0.2) is 0 Å².